The Kier molecular flexibility index (Phi) is 4.74. The molecule has 80 valence electrons. The summed E-state index contributed by atoms with van der Waals surface area (Å²) in [6.07, 6.45) is 0.185. The Balaban J connectivity index is 2.54. The van der Waals surface area contributed by atoms with Crippen LogP contribution < -0.4 is 4.84 Å². The lowest BCUT2D eigenvalue weighted by Gasteiger charge is -2.12. The molecule has 6 heteroatoms. The quantitative estimate of drug-likeness (QED) is 0.570. The molecular formula is C9H10NO4P. The Hall–Kier alpha value is -1.45. The van der Waals surface area contributed by atoms with Gasteiger partial charge in [0.1, 0.15) is 5.00 Å². The number of carbonyl (C=O) groups excluding carboxylic acids is 1. The third-order valence-corrected chi connectivity index (χ3v) is 1.76. The lowest BCUT2D eigenvalue weighted by molar-refractivity contribution is -0.235. The van der Waals surface area contributed by atoms with Gasteiger partial charge in [0.25, 0.3) is 0 Å². The van der Waals surface area contributed by atoms with Crippen LogP contribution in [-0.2, 0) is 14.2 Å². The van der Waals surface area contributed by atoms with Crippen LogP contribution in [-0.4, -0.2) is 11.0 Å². The monoisotopic (exact) mass is 227 g/mol. The van der Waals surface area contributed by atoms with E-state index in [4.69, 9.17) is 4.84 Å². The molecule has 0 saturated carbocycles. The van der Waals surface area contributed by atoms with Crippen LogP contribution in [0, 0.1) is 0 Å². The van der Waals surface area contributed by atoms with Crippen molar-refractivity contribution in [3.8, 4) is 5.75 Å². The van der Waals surface area contributed by atoms with E-state index >= 15 is 0 Å². The molecule has 5 nitrogen and oxygen atoms in total. The van der Waals surface area contributed by atoms with Crippen LogP contribution in [0.3, 0.4) is 0 Å². The SMILES string of the molecule is CCC(=O)ON(Oc1ccccc1)P=O. The highest BCUT2D eigenvalue weighted by atomic mass is 31.1. The van der Waals surface area contributed by atoms with Crippen LogP contribution >= 0.6 is 8.61 Å². The molecule has 0 N–H and O–H groups in total. The third kappa shape index (κ3) is 4.06. The van der Waals surface area contributed by atoms with Crippen LogP contribution in [0.1, 0.15) is 13.3 Å². The maximum absolute atomic E-state index is 10.9. The van der Waals surface area contributed by atoms with Gasteiger partial charge in [0, 0.05) is 6.42 Å². The largest absolute Gasteiger partial charge is 0.361 e. The van der Waals surface area contributed by atoms with Crippen molar-refractivity contribution >= 4 is 14.6 Å². The molecule has 1 aromatic rings. The van der Waals surface area contributed by atoms with Crippen LogP contribution in [0.4, 0.5) is 0 Å². The van der Waals surface area contributed by atoms with Crippen molar-refractivity contribution in [1.82, 2.24) is 5.00 Å². The van der Waals surface area contributed by atoms with E-state index in [1.807, 2.05) is 6.07 Å². The lowest BCUT2D eigenvalue weighted by atomic mass is 10.3. The minimum atomic E-state index is -0.543. The van der Waals surface area contributed by atoms with Crippen molar-refractivity contribution in [3.63, 3.8) is 0 Å². The van der Waals surface area contributed by atoms with Crippen LogP contribution in [0.15, 0.2) is 30.3 Å². The molecule has 0 fully saturated rings. The van der Waals surface area contributed by atoms with Crippen molar-refractivity contribution in [2.45, 2.75) is 13.3 Å². The van der Waals surface area contributed by atoms with Crippen molar-refractivity contribution in [2.75, 3.05) is 0 Å². The molecular weight excluding hydrogens is 217 g/mol. The molecule has 0 aliphatic carbocycles. The molecule has 0 heterocycles. The van der Waals surface area contributed by atoms with Gasteiger partial charge in [-0.05, 0) is 12.1 Å². The molecule has 0 aromatic heterocycles. The molecule has 0 atom stereocenters. The molecule has 1 aromatic carbocycles. The topological polar surface area (TPSA) is 55.8 Å². The molecule has 0 bridgehead atoms. The Labute approximate surface area is 88.8 Å². The number of hydrogen-bond acceptors (Lipinski definition) is 4. The zero-order chi connectivity index (χ0) is 11.1. The van der Waals surface area contributed by atoms with Crippen molar-refractivity contribution in [1.29, 1.82) is 0 Å². The average molecular weight is 227 g/mol. The highest BCUT2D eigenvalue weighted by molar-refractivity contribution is 7.20. The minimum Gasteiger partial charge on any atom is -0.361 e. The van der Waals surface area contributed by atoms with E-state index in [-0.39, 0.29) is 6.42 Å². The van der Waals surface area contributed by atoms with Gasteiger partial charge < -0.3 is 9.68 Å². The number of nitrogens with zero attached hydrogens (tertiary/aromatic N) is 1. The maximum Gasteiger partial charge on any atom is 0.330 e. The smallest absolute Gasteiger partial charge is 0.330 e. The Morgan fingerprint density at radius 2 is 2.07 bits per heavy atom. The second-order valence-electron chi connectivity index (χ2n) is 2.54. The van der Waals surface area contributed by atoms with Gasteiger partial charge in [-0.15, -0.1) is 0 Å². The summed E-state index contributed by atoms with van der Waals surface area (Å²) in [4.78, 5) is 21.1. The van der Waals surface area contributed by atoms with E-state index in [2.05, 4.69) is 4.84 Å². The van der Waals surface area contributed by atoms with E-state index in [1.54, 1.807) is 31.2 Å². The van der Waals surface area contributed by atoms with E-state index in [0.717, 1.165) is 0 Å². The second kappa shape index (κ2) is 6.11. The molecule has 1 rings (SSSR count). The van der Waals surface area contributed by atoms with E-state index < -0.39 is 14.6 Å². The molecule has 0 spiro atoms. The molecule has 0 aliphatic heterocycles. The number of benzene rings is 1. The van der Waals surface area contributed by atoms with Crippen LogP contribution in [0.5, 0.6) is 5.75 Å². The minimum absolute atomic E-state index is 0.185. The highest BCUT2D eigenvalue weighted by Crippen LogP contribution is 2.15. The number of carbonyl (C=O) groups is 1. The Morgan fingerprint density at radius 3 is 2.60 bits per heavy atom. The maximum atomic E-state index is 10.9. The van der Waals surface area contributed by atoms with Gasteiger partial charge in [-0.3, -0.25) is 4.79 Å². The van der Waals surface area contributed by atoms with Crippen LogP contribution in [0.2, 0.25) is 0 Å². The second-order valence-corrected chi connectivity index (χ2v) is 3.03. The average Bonchev–Trinajstić information content (AvgIpc) is 2.29. The molecule has 0 unspecified atom stereocenters. The zero-order valence-corrected chi connectivity index (χ0v) is 9.02. The molecule has 0 aliphatic rings. The summed E-state index contributed by atoms with van der Waals surface area (Å²) in [5.74, 6) is -0.0842. The fourth-order valence-electron chi connectivity index (χ4n) is 0.775. The summed E-state index contributed by atoms with van der Waals surface area (Å²) in [6, 6.07) is 8.60. The summed E-state index contributed by atoms with van der Waals surface area (Å²) in [7, 11) is -0.543. The van der Waals surface area contributed by atoms with E-state index in [9.17, 15) is 9.36 Å². The molecule has 0 amide bonds. The Bertz CT molecular complexity index is 330. The fraction of sp³-hybridized carbons (Fsp3) is 0.222. The standard InChI is InChI=1S/C9H10NO4P/c1-2-9(11)14-10(15-12)13-8-6-4-3-5-7-8/h3-7H,2H2,1H3. The van der Waals surface area contributed by atoms with Gasteiger partial charge in [0.05, 0.1) is 0 Å². The van der Waals surface area contributed by atoms with Gasteiger partial charge in [0.2, 0.25) is 0 Å². The first-order chi connectivity index (χ1) is 7.26. The predicted octanol–water partition coefficient (Wildman–Crippen LogP) is 2.36. The van der Waals surface area contributed by atoms with Crippen molar-refractivity contribution in [2.24, 2.45) is 0 Å². The lowest BCUT2D eigenvalue weighted by Crippen LogP contribution is -2.21. The van der Waals surface area contributed by atoms with E-state index in [1.165, 1.54) is 0 Å². The number of rotatable bonds is 5. The molecule has 0 radical (unpaired) electrons. The Morgan fingerprint density at radius 1 is 1.40 bits per heavy atom. The van der Waals surface area contributed by atoms with Gasteiger partial charge in [-0.1, -0.05) is 25.1 Å². The van der Waals surface area contributed by atoms with E-state index in [0.29, 0.717) is 10.7 Å². The first-order valence-electron chi connectivity index (χ1n) is 4.33. The van der Waals surface area contributed by atoms with Gasteiger partial charge >= 0.3 is 14.6 Å². The summed E-state index contributed by atoms with van der Waals surface area (Å²) >= 11 is 0. The first-order valence-corrected chi connectivity index (χ1v) is 5.10. The normalized spacial score (nSPS) is 10.3. The fourth-order valence-corrected chi connectivity index (χ4v) is 1.03. The summed E-state index contributed by atoms with van der Waals surface area (Å²) in [5, 5.41) is 0. The van der Waals surface area contributed by atoms with Gasteiger partial charge in [-0.2, -0.15) is 0 Å². The molecule has 15 heavy (non-hydrogen) atoms. The summed E-state index contributed by atoms with van der Waals surface area (Å²) < 4.78 is 10.6. The van der Waals surface area contributed by atoms with Gasteiger partial charge in [-0.25, -0.2) is 4.57 Å². The molecule has 0 saturated heterocycles. The van der Waals surface area contributed by atoms with Gasteiger partial charge in [0.15, 0.2) is 5.75 Å². The number of hydrogen-bond donors (Lipinski definition) is 0. The van der Waals surface area contributed by atoms with Crippen LogP contribution in [0.25, 0.3) is 0 Å². The third-order valence-electron chi connectivity index (χ3n) is 1.46. The van der Waals surface area contributed by atoms with Crippen molar-refractivity contribution in [3.05, 3.63) is 30.3 Å². The number of para-hydroxylation sites is 1. The zero-order valence-electron chi connectivity index (χ0n) is 8.12. The van der Waals surface area contributed by atoms with Crippen molar-refractivity contribution < 1.29 is 19.0 Å². The highest BCUT2D eigenvalue weighted by Gasteiger charge is 2.12. The summed E-state index contributed by atoms with van der Waals surface area (Å²) in [5.41, 5.74) is 0. The predicted molar refractivity (Wildman–Crippen MR) is 52.9 cm³/mol. The summed E-state index contributed by atoms with van der Waals surface area (Å²) in [6.45, 7) is 1.63. The first kappa shape index (κ1) is 11.6.